The van der Waals surface area contributed by atoms with Gasteiger partial charge in [-0.25, -0.2) is 13.1 Å². The van der Waals surface area contributed by atoms with Crippen molar-refractivity contribution in [2.75, 3.05) is 0 Å². The Hall–Kier alpha value is -2.19. The monoisotopic (exact) mass is 425 g/mol. The van der Waals surface area contributed by atoms with E-state index in [1.165, 1.54) is 12.1 Å². The van der Waals surface area contributed by atoms with Crippen LogP contribution in [0.2, 0.25) is 0 Å². The summed E-state index contributed by atoms with van der Waals surface area (Å²) in [4.78, 5) is 24.4. The van der Waals surface area contributed by atoms with E-state index in [2.05, 4.69) is 15.9 Å². The number of amides is 1. The highest BCUT2D eigenvalue weighted by atomic mass is 79.9. The van der Waals surface area contributed by atoms with Crippen molar-refractivity contribution in [3.05, 3.63) is 59.1 Å². The van der Waals surface area contributed by atoms with E-state index in [1.54, 1.807) is 49.4 Å². The predicted molar refractivity (Wildman–Crippen MR) is 95.3 cm³/mol. The second-order valence-corrected chi connectivity index (χ2v) is 7.72. The summed E-state index contributed by atoms with van der Waals surface area (Å²) in [6, 6.07) is 14.0. The first-order chi connectivity index (χ1) is 11.8. The van der Waals surface area contributed by atoms with Crippen LogP contribution >= 0.6 is 15.9 Å². The van der Waals surface area contributed by atoms with Gasteiger partial charge in [-0.2, -0.15) is 0 Å². The normalized spacial score (nSPS) is 12.2. The van der Waals surface area contributed by atoms with Crippen molar-refractivity contribution >= 4 is 37.8 Å². The van der Waals surface area contributed by atoms with Gasteiger partial charge in [0.15, 0.2) is 0 Å². The number of benzene rings is 2. The first-order valence-electron chi connectivity index (χ1n) is 7.42. The molecule has 2 rings (SSSR count). The summed E-state index contributed by atoms with van der Waals surface area (Å²) in [7, 11) is -4.07. The molecule has 0 saturated carbocycles. The quantitative estimate of drug-likeness (QED) is 0.436. The number of hydrogen-bond donors (Lipinski definition) is 1. The maximum Gasteiger partial charge on any atom is 0.323 e. The highest BCUT2D eigenvalue weighted by molar-refractivity contribution is 9.10. The fourth-order valence-electron chi connectivity index (χ4n) is 2.01. The molecule has 0 saturated heterocycles. The van der Waals surface area contributed by atoms with E-state index in [0.717, 1.165) is 0 Å². The zero-order valence-electron chi connectivity index (χ0n) is 13.3. The number of para-hydroxylation sites is 1. The SMILES string of the molecule is CCC(C(=O)NS(=O)(=O)c1ccc(Br)cc1)C(=O)Oc1ccccc1. The van der Waals surface area contributed by atoms with Crippen molar-refractivity contribution in [1.82, 2.24) is 4.72 Å². The molecule has 0 aliphatic carbocycles. The molecule has 8 heteroatoms. The van der Waals surface area contributed by atoms with Crippen LogP contribution < -0.4 is 9.46 Å². The van der Waals surface area contributed by atoms with Crippen LogP contribution in [0.15, 0.2) is 64.0 Å². The van der Waals surface area contributed by atoms with Gasteiger partial charge in [0.2, 0.25) is 5.91 Å². The molecule has 6 nitrogen and oxygen atoms in total. The number of nitrogens with one attached hydrogen (secondary N) is 1. The van der Waals surface area contributed by atoms with Crippen LogP contribution in [0.4, 0.5) is 0 Å². The standard InChI is InChI=1S/C17H16BrNO5S/c1-2-15(17(21)24-13-6-4-3-5-7-13)16(20)19-25(22,23)14-10-8-12(18)9-11-14/h3-11,15H,2H2,1H3,(H,19,20). The highest BCUT2D eigenvalue weighted by Crippen LogP contribution is 2.17. The van der Waals surface area contributed by atoms with Crippen LogP contribution in [0, 0.1) is 5.92 Å². The van der Waals surface area contributed by atoms with Crippen LogP contribution in [0.1, 0.15) is 13.3 Å². The van der Waals surface area contributed by atoms with Gasteiger partial charge in [-0.05, 0) is 42.8 Å². The van der Waals surface area contributed by atoms with Gasteiger partial charge in [-0.3, -0.25) is 9.59 Å². The Morgan fingerprint density at radius 3 is 2.24 bits per heavy atom. The first-order valence-corrected chi connectivity index (χ1v) is 9.70. The van der Waals surface area contributed by atoms with Crippen LogP contribution in [0.3, 0.4) is 0 Å². The lowest BCUT2D eigenvalue weighted by Crippen LogP contribution is -2.40. The molecule has 1 amide bonds. The van der Waals surface area contributed by atoms with E-state index in [0.29, 0.717) is 4.47 Å². The Bertz CT molecular complexity index is 850. The van der Waals surface area contributed by atoms with Crippen LogP contribution in [0.5, 0.6) is 5.75 Å². The smallest absolute Gasteiger partial charge is 0.323 e. The molecule has 2 aromatic rings. The second kappa shape index (κ2) is 8.26. The summed E-state index contributed by atoms with van der Waals surface area (Å²) in [6.07, 6.45) is 0.105. The Morgan fingerprint density at radius 1 is 1.08 bits per heavy atom. The number of sulfonamides is 1. The molecule has 1 unspecified atom stereocenters. The number of halogens is 1. The lowest BCUT2D eigenvalue weighted by atomic mass is 10.1. The van der Waals surface area contributed by atoms with Gasteiger partial charge in [0.1, 0.15) is 11.7 Å². The third-order valence-corrected chi connectivity index (χ3v) is 5.22. The molecule has 0 aromatic heterocycles. The molecule has 0 radical (unpaired) electrons. The van der Waals surface area contributed by atoms with E-state index in [1.807, 2.05) is 4.72 Å². The number of carbonyl (C=O) groups excluding carboxylic acids is 2. The molecule has 0 spiro atoms. The lowest BCUT2D eigenvalue weighted by Gasteiger charge is -2.14. The molecular formula is C17H16BrNO5S. The van der Waals surface area contributed by atoms with Crippen LogP contribution in [-0.2, 0) is 19.6 Å². The number of carbonyl (C=O) groups is 2. The minimum absolute atomic E-state index is 0.0738. The van der Waals surface area contributed by atoms with Gasteiger partial charge in [0.05, 0.1) is 4.90 Å². The average molecular weight is 426 g/mol. The molecule has 2 aromatic carbocycles. The fraction of sp³-hybridized carbons (Fsp3) is 0.176. The molecule has 132 valence electrons. The van der Waals surface area contributed by atoms with Gasteiger partial charge in [-0.1, -0.05) is 41.1 Å². The predicted octanol–water partition coefficient (Wildman–Crippen LogP) is 2.89. The summed E-state index contributed by atoms with van der Waals surface area (Å²) in [6.45, 7) is 1.60. The number of ether oxygens (including phenoxy) is 1. The summed E-state index contributed by atoms with van der Waals surface area (Å²) in [5.74, 6) is -2.68. The van der Waals surface area contributed by atoms with Gasteiger partial charge >= 0.3 is 5.97 Å². The van der Waals surface area contributed by atoms with E-state index in [9.17, 15) is 18.0 Å². The van der Waals surface area contributed by atoms with Crippen molar-refractivity contribution in [1.29, 1.82) is 0 Å². The van der Waals surface area contributed by atoms with Gasteiger partial charge in [0.25, 0.3) is 10.0 Å². The summed E-state index contributed by atoms with van der Waals surface area (Å²) in [5.41, 5.74) is 0. The van der Waals surface area contributed by atoms with Crippen LogP contribution in [0.25, 0.3) is 0 Å². The molecule has 0 aliphatic heterocycles. The maximum atomic E-state index is 12.3. The molecule has 0 fully saturated rings. The first kappa shape index (κ1) is 19.1. The molecule has 1 atom stereocenters. The van der Waals surface area contributed by atoms with Gasteiger partial charge in [0, 0.05) is 4.47 Å². The lowest BCUT2D eigenvalue weighted by molar-refractivity contribution is -0.144. The summed E-state index contributed by atoms with van der Waals surface area (Å²) >= 11 is 3.20. The Kier molecular flexibility index (Phi) is 6.33. The Morgan fingerprint density at radius 2 is 1.68 bits per heavy atom. The average Bonchev–Trinajstić information content (AvgIpc) is 2.56. The zero-order valence-corrected chi connectivity index (χ0v) is 15.7. The minimum Gasteiger partial charge on any atom is -0.426 e. The van der Waals surface area contributed by atoms with E-state index in [-0.39, 0.29) is 17.1 Å². The van der Waals surface area contributed by atoms with Crippen molar-refractivity contribution in [2.45, 2.75) is 18.2 Å². The summed E-state index contributed by atoms with van der Waals surface area (Å²) < 4.78 is 32.3. The molecule has 0 heterocycles. The maximum absolute atomic E-state index is 12.3. The zero-order chi connectivity index (χ0) is 18.4. The third-order valence-electron chi connectivity index (χ3n) is 3.33. The molecule has 0 bridgehead atoms. The molecule has 1 N–H and O–H groups in total. The van der Waals surface area contributed by atoms with Gasteiger partial charge < -0.3 is 4.74 Å². The van der Waals surface area contributed by atoms with Crippen molar-refractivity contribution in [3.8, 4) is 5.75 Å². The van der Waals surface area contributed by atoms with E-state index in [4.69, 9.17) is 4.74 Å². The Balaban J connectivity index is 2.11. The largest absolute Gasteiger partial charge is 0.426 e. The second-order valence-electron chi connectivity index (χ2n) is 5.12. The topological polar surface area (TPSA) is 89.5 Å². The third kappa shape index (κ3) is 5.14. The van der Waals surface area contributed by atoms with Crippen molar-refractivity contribution in [2.24, 2.45) is 5.92 Å². The van der Waals surface area contributed by atoms with E-state index < -0.39 is 27.8 Å². The molecule has 25 heavy (non-hydrogen) atoms. The van der Waals surface area contributed by atoms with Crippen molar-refractivity contribution < 1.29 is 22.7 Å². The van der Waals surface area contributed by atoms with Crippen molar-refractivity contribution in [3.63, 3.8) is 0 Å². The van der Waals surface area contributed by atoms with Gasteiger partial charge in [-0.15, -0.1) is 0 Å². The van der Waals surface area contributed by atoms with E-state index >= 15 is 0 Å². The van der Waals surface area contributed by atoms with Crippen LogP contribution in [-0.4, -0.2) is 20.3 Å². The highest BCUT2D eigenvalue weighted by Gasteiger charge is 2.30. The molecule has 0 aliphatic rings. The number of hydrogen-bond acceptors (Lipinski definition) is 5. The number of esters is 1. The minimum atomic E-state index is -4.07. The summed E-state index contributed by atoms with van der Waals surface area (Å²) in [5, 5.41) is 0. The Labute approximate surface area is 154 Å². The molecular weight excluding hydrogens is 410 g/mol. The number of rotatable bonds is 6. The fourth-order valence-corrected chi connectivity index (χ4v) is 3.29.